The molecule has 39 heavy (non-hydrogen) atoms. The van der Waals surface area contributed by atoms with Crippen LogP contribution < -0.4 is 0 Å². The summed E-state index contributed by atoms with van der Waals surface area (Å²) in [5, 5.41) is 78.4. The van der Waals surface area contributed by atoms with Crippen molar-refractivity contribution in [1.82, 2.24) is 0 Å². The van der Waals surface area contributed by atoms with Crippen molar-refractivity contribution in [2.75, 3.05) is 13.2 Å². The second kappa shape index (κ2) is 11.3. The van der Waals surface area contributed by atoms with E-state index in [0.717, 1.165) is 12.3 Å². The zero-order valence-electron chi connectivity index (χ0n) is 20.2. The summed E-state index contributed by atoms with van der Waals surface area (Å²) in [7, 11) is 0. The largest absolute Gasteiger partial charge is 0.507 e. The highest BCUT2D eigenvalue weighted by atomic mass is 16.8. The van der Waals surface area contributed by atoms with E-state index in [4.69, 9.17) is 24.1 Å². The lowest BCUT2D eigenvalue weighted by Gasteiger charge is -2.43. The summed E-state index contributed by atoms with van der Waals surface area (Å²) in [5.74, 6) is -7.29. The van der Waals surface area contributed by atoms with E-state index in [2.05, 4.69) is 0 Å². The predicted octanol–water partition coefficient (Wildman–Crippen LogP) is -1.26. The zero-order valence-corrected chi connectivity index (χ0v) is 20.2. The van der Waals surface area contributed by atoms with Crippen LogP contribution in [0.1, 0.15) is 33.6 Å². The predicted molar refractivity (Wildman–Crippen MR) is 122 cm³/mol. The lowest BCUT2D eigenvalue weighted by molar-refractivity contribution is -0.342. The Morgan fingerprint density at radius 1 is 0.897 bits per heavy atom. The van der Waals surface area contributed by atoms with Gasteiger partial charge in [0, 0.05) is 17.8 Å². The van der Waals surface area contributed by atoms with Gasteiger partial charge in [-0.2, -0.15) is 0 Å². The van der Waals surface area contributed by atoms with Gasteiger partial charge in [-0.15, -0.1) is 0 Å². The Bertz CT molecular complexity index is 1150. The van der Waals surface area contributed by atoms with Crippen LogP contribution in [0.3, 0.4) is 0 Å². The third-order valence-electron chi connectivity index (χ3n) is 7.26. The van der Waals surface area contributed by atoms with Gasteiger partial charge < -0.3 is 59.8 Å². The van der Waals surface area contributed by atoms with Crippen LogP contribution in [0.4, 0.5) is 0 Å². The van der Waals surface area contributed by atoms with Crippen molar-refractivity contribution < 1.29 is 74.2 Å². The highest BCUT2D eigenvalue weighted by Gasteiger charge is 2.52. The molecule has 1 aromatic rings. The maximum atomic E-state index is 12.6. The Morgan fingerprint density at radius 2 is 1.56 bits per heavy atom. The highest BCUT2D eigenvalue weighted by Crippen LogP contribution is 2.47. The van der Waals surface area contributed by atoms with Crippen molar-refractivity contribution in [3.63, 3.8) is 0 Å². The van der Waals surface area contributed by atoms with Crippen molar-refractivity contribution >= 4 is 17.9 Å². The molecule has 1 saturated carbocycles. The first-order valence-electron chi connectivity index (χ1n) is 12.0. The SMILES string of the molecule is O=C(O)C1=CO[C@@H](O[C@@H]2O[C@H](CO)[C@@H](O)[C@H](O)[C@H]2O)[C@H]2[C@@H](COC(=O)c3cc(O)c(C(=O)O)cc3O)CC[C@@H]12. The summed E-state index contributed by atoms with van der Waals surface area (Å²) >= 11 is 0. The molecule has 1 aliphatic carbocycles. The molecule has 0 spiro atoms. The summed E-state index contributed by atoms with van der Waals surface area (Å²) in [6, 6.07) is 1.45. The molecular formula is C24H28O15. The topological polar surface area (TPSA) is 250 Å². The maximum absolute atomic E-state index is 12.6. The molecule has 0 amide bonds. The molecule has 3 aliphatic rings. The van der Waals surface area contributed by atoms with Gasteiger partial charge in [-0.1, -0.05) is 0 Å². The number of esters is 1. The Labute approximate surface area is 220 Å². The Balaban J connectivity index is 1.51. The van der Waals surface area contributed by atoms with Crippen molar-refractivity contribution in [3.8, 4) is 11.5 Å². The molecule has 0 unspecified atom stereocenters. The van der Waals surface area contributed by atoms with Gasteiger partial charge in [0.15, 0.2) is 6.29 Å². The summed E-state index contributed by atoms with van der Waals surface area (Å²) < 4.78 is 21.9. The normalized spacial score (nSPS) is 33.9. The molecule has 2 heterocycles. The highest BCUT2D eigenvalue weighted by molar-refractivity contribution is 5.97. The number of aliphatic hydroxyl groups is 4. The van der Waals surface area contributed by atoms with Crippen LogP contribution in [-0.2, 0) is 23.7 Å². The second-order valence-corrected chi connectivity index (χ2v) is 9.53. The fraction of sp³-hybridized carbons (Fsp3) is 0.542. The van der Waals surface area contributed by atoms with E-state index in [1.54, 1.807) is 0 Å². The monoisotopic (exact) mass is 556 g/mol. The van der Waals surface area contributed by atoms with E-state index >= 15 is 0 Å². The van der Waals surface area contributed by atoms with Crippen molar-refractivity contribution in [1.29, 1.82) is 0 Å². The van der Waals surface area contributed by atoms with E-state index < -0.39 is 102 Å². The lowest BCUT2D eigenvalue weighted by atomic mass is 9.83. The number of ether oxygens (including phenoxy) is 4. The van der Waals surface area contributed by atoms with Crippen LogP contribution in [0.2, 0.25) is 0 Å². The molecule has 9 atom stereocenters. The van der Waals surface area contributed by atoms with Crippen LogP contribution in [0, 0.1) is 17.8 Å². The molecule has 0 aromatic heterocycles. The number of aliphatic hydroxyl groups excluding tert-OH is 4. The molecular weight excluding hydrogens is 528 g/mol. The maximum Gasteiger partial charge on any atom is 0.342 e. The number of carboxylic acid groups (broad SMARTS) is 2. The molecule has 2 fully saturated rings. The molecule has 4 rings (SSSR count). The number of carbonyl (C=O) groups is 3. The van der Waals surface area contributed by atoms with Gasteiger partial charge in [0.1, 0.15) is 47.0 Å². The first kappa shape index (κ1) is 28.5. The van der Waals surface area contributed by atoms with Crippen molar-refractivity contribution in [3.05, 3.63) is 35.1 Å². The van der Waals surface area contributed by atoms with Crippen molar-refractivity contribution in [2.45, 2.75) is 49.8 Å². The quantitative estimate of drug-likeness (QED) is 0.137. The molecule has 2 aliphatic heterocycles. The number of aromatic hydroxyl groups is 2. The number of carbonyl (C=O) groups excluding carboxylic acids is 1. The molecule has 15 nitrogen and oxygen atoms in total. The number of carboxylic acids is 2. The zero-order chi connectivity index (χ0) is 28.6. The number of rotatable bonds is 8. The number of hydrogen-bond donors (Lipinski definition) is 8. The minimum absolute atomic E-state index is 0.0608. The number of aliphatic carboxylic acids is 1. The number of hydrogen-bond acceptors (Lipinski definition) is 13. The van der Waals surface area contributed by atoms with Gasteiger partial charge in [-0.05, 0) is 25.0 Å². The van der Waals surface area contributed by atoms with Crippen LogP contribution in [0.15, 0.2) is 24.0 Å². The second-order valence-electron chi connectivity index (χ2n) is 9.53. The molecule has 8 N–H and O–H groups in total. The average molecular weight is 556 g/mol. The van der Waals surface area contributed by atoms with E-state index in [-0.39, 0.29) is 12.2 Å². The first-order valence-corrected chi connectivity index (χ1v) is 12.0. The first-order chi connectivity index (χ1) is 18.4. The minimum atomic E-state index is -1.74. The lowest BCUT2D eigenvalue weighted by Crippen LogP contribution is -2.60. The van der Waals surface area contributed by atoms with Gasteiger partial charge >= 0.3 is 17.9 Å². The average Bonchev–Trinajstić information content (AvgIpc) is 3.32. The van der Waals surface area contributed by atoms with Crippen molar-refractivity contribution in [2.24, 2.45) is 17.8 Å². The fourth-order valence-electron chi connectivity index (χ4n) is 5.21. The molecule has 0 radical (unpaired) electrons. The summed E-state index contributed by atoms with van der Waals surface area (Å²) in [6.45, 7) is -1.01. The Morgan fingerprint density at radius 3 is 2.21 bits per heavy atom. The smallest absolute Gasteiger partial charge is 0.342 e. The number of phenolic OH excluding ortho intramolecular Hbond substituents is 1. The van der Waals surface area contributed by atoms with E-state index in [1.165, 1.54) is 0 Å². The van der Waals surface area contributed by atoms with E-state index in [9.17, 15) is 50.1 Å². The van der Waals surface area contributed by atoms with Gasteiger partial charge in [0.25, 0.3) is 0 Å². The summed E-state index contributed by atoms with van der Waals surface area (Å²) in [4.78, 5) is 35.5. The van der Waals surface area contributed by atoms with Gasteiger partial charge in [-0.3, -0.25) is 0 Å². The third-order valence-corrected chi connectivity index (χ3v) is 7.26. The number of phenols is 2. The standard InChI is InChI=1S/C24H28O15/c25-5-15-17(28)18(29)19(30)24(38-15)39-23-16-8(1-2-9(16)12(7-37-23)21(33)34)6-36-22(35)11-4-13(26)10(20(31)32)3-14(11)27/h3-4,7-9,15-19,23-30H,1-2,5-6H2,(H,31,32)(H,33,34)/t8-,9+,15-,16+,17-,18+,19-,23+,24+/m1/s1. The number of benzene rings is 1. The summed E-state index contributed by atoms with van der Waals surface area (Å²) in [6.07, 6.45) is -7.48. The van der Waals surface area contributed by atoms with Crippen LogP contribution in [0.5, 0.6) is 11.5 Å². The molecule has 214 valence electrons. The fourth-order valence-corrected chi connectivity index (χ4v) is 5.21. The van der Waals surface area contributed by atoms with E-state index in [1.807, 2.05) is 0 Å². The van der Waals surface area contributed by atoms with Gasteiger partial charge in [0.05, 0.1) is 25.0 Å². The molecule has 1 saturated heterocycles. The number of aromatic carboxylic acids is 1. The van der Waals surface area contributed by atoms with Gasteiger partial charge in [0.2, 0.25) is 6.29 Å². The van der Waals surface area contributed by atoms with Crippen LogP contribution >= 0.6 is 0 Å². The molecule has 15 heteroatoms. The van der Waals surface area contributed by atoms with E-state index in [0.29, 0.717) is 18.9 Å². The molecule has 0 bridgehead atoms. The Hall–Kier alpha value is -3.47. The minimum Gasteiger partial charge on any atom is -0.507 e. The van der Waals surface area contributed by atoms with Gasteiger partial charge in [-0.25, -0.2) is 14.4 Å². The number of fused-ring (bicyclic) bond motifs is 1. The third kappa shape index (κ3) is 5.50. The van der Waals surface area contributed by atoms with Crippen LogP contribution in [0.25, 0.3) is 0 Å². The van der Waals surface area contributed by atoms with Crippen LogP contribution in [-0.4, -0.2) is 109 Å². The molecule has 1 aromatic carbocycles. The summed E-state index contributed by atoms with van der Waals surface area (Å²) in [5.41, 5.74) is -1.18. The Kier molecular flexibility index (Phi) is 8.29.